The normalized spacial score (nSPS) is 11.8. The zero-order valence-electron chi connectivity index (χ0n) is 11.9. The molecule has 0 radical (unpaired) electrons. The van der Waals surface area contributed by atoms with Gasteiger partial charge in [0.15, 0.2) is 0 Å². The smallest absolute Gasteiger partial charge is 0.374 e. The molecule has 108 valence electrons. The van der Waals surface area contributed by atoms with Crippen LogP contribution >= 0.6 is 22.6 Å². The first-order valence-corrected chi connectivity index (χ1v) is 9.83. The van der Waals surface area contributed by atoms with E-state index in [-0.39, 0.29) is 0 Å². The molecule has 1 aromatic carbocycles. The zero-order chi connectivity index (χ0) is 14.1. The summed E-state index contributed by atoms with van der Waals surface area (Å²) in [5.74, 6) is 0. The molecule has 0 amide bonds. The van der Waals surface area contributed by atoms with Crippen molar-refractivity contribution in [2.45, 2.75) is 33.2 Å². The van der Waals surface area contributed by atoms with Crippen molar-refractivity contribution in [3.05, 3.63) is 33.4 Å². The first-order valence-electron chi connectivity index (χ1n) is 6.82. The van der Waals surface area contributed by atoms with Crippen molar-refractivity contribution >= 4 is 31.4 Å². The molecule has 1 aromatic rings. The van der Waals surface area contributed by atoms with Gasteiger partial charge in [0.1, 0.15) is 0 Å². The molecule has 0 N–H and O–H groups in total. The molecule has 0 bridgehead atoms. The van der Waals surface area contributed by atoms with Crippen LogP contribution in [0.1, 0.15) is 26.3 Å². The van der Waals surface area contributed by atoms with Gasteiger partial charge in [-0.2, -0.15) is 0 Å². The summed E-state index contributed by atoms with van der Waals surface area (Å²) in [6.45, 7) is 7.89. The third-order valence-corrected chi connectivity index (χ3v) is 6.85. The maximum Gasteiger partial charge on any atom is 0.501 e. The Morgan fingerprint density at radius 2 is 1.47 bits per heavy atom. The van der Waals surface area contributed by atoms with Crippen LogP contribution in [0.3, 0.4) is 0 Å². The first-order chi connectivity index (χ1) is 9.17. The topological polar surface area (TPSA) is 27.7 Å². The van der Waals surface area contributed by atoms with Crippen molar-refractivity contribution in [3.8, 4) is 0 Å². The van der Waals surface area contributed by atoms with Crippen molar-refractivity contribution < 1.29 is 13.3 Å². The molecule has 0 saturated carbocycles. The fourth-order valence-corrected chi connectivity index (χ4v) is 5.23. The molecular formula is C14H23IO3Si. The van der Waals surface area contributed by atoms with Crippen LogP contribution in [0.15, 0.2) is 24.3 Å². The standard InChI is InChI=1S/C14H23IO3Si/c1-4-16-19(17-5-2,18-6-3)12-11-13-9-7-8-10-14(13)15/h7-10H,4-6,11-12H2,1-3H3. The average molecular weight is 394 g/mol. The minimum Gasteiger partial charge on any atom is -0.374 e. The Labute approximate surface area is 131 Å². The second kappa shape index (κ2) is 9.07. The summed E-state index contributed by atoms with van der Waals surface area (Å²) >= 11 is 2.37. The number of aryl methyl sites for hydroxylation is 1. The van der Waals surface area contributed by atoms with Gasteiger partial charge in [0, 0.05) is 29.4 Å². The molecule has 0 aliphatic heterocycles. The highest BCUT2D eigenvalue weighted by molar-refractivity contribution is 14.1. The summed E-state index contributed by atoms with van der Waals surface area (Å²) in [4.78, 5) is 0. The number of hydrogen-bond donors (Lipinski definition) is 0. The van der Waals surface area contributed by atoms with Gasteiger partial charge in [-0.1, -0.05) is 18.2 Å². The van der Waals surface area contributed by atoms with Crippen LogP contribution in [-0.4, -0.2) is 28.6 Å². The molecule has 0 atom stereocenters. The van der Waals surface area contributed by atoms with Crippen molar-refractivity contribution in [2.24, 2.45) is 0 Å². The van der Waals surface area contributed by atoms with Crippen molar-refractivity contribution in [1.82, 2.24) is 0 Å². The van der Waals surface area contributed by atoms with Crippen LogP contribution in [0.25, 0.3) is 0 Å². The molecule has 1 rings (SSSR count). The maximum absolute atomic E-state index is 5.86. The largest absolute Gasteiger partial charge is 0.501 e. The summed E-state index contributed by atoms with van der Waals surface area (Å²) in [5.41, 5.74) is 1.33. The second-order valence-corrected chi connectivity index (χ2v) is 7.97. The van der Waals surface area contributed by atoms with Gasteiger partial charge in [0.05, 0.1) is 0 Å². The summed E-state index contributed by atoms with van der Waals surface area (Å²) < 4.78 is 18.9. The third kappa shape index (κ3) is 5.51. The number of benzene rings is 1. The van der Waals surface area contributed by atoms with Crippen LogP contribution in [0, 0.1) is 3.57 Å². The molecule has 0 unspecified atom stereocenters. The molecule has 0 saturated heterocycles. The van der Waals surface area contributed by atoms with E-state index in [4.69, 9.17) is 13.3 Å². The van der Waals surface area contributed by atoms with Gasteiger partial charge < -0.3 is 13.3 Å². The second-order valence-electron chi connectivity index (χ2n) is 4.07. The van der Waals surface area contributed by atoms with E-state index in [2.05, 4.69) is 46.9 Å². The van der Waals surface area contributed by atoms with E-state index < -0.39 is 8.80 Å². The lowest BCUT2D eigenvalue weighted by Gasteiger charge is -2.28. The Bertz CT molecular complexity index is 356. The Morgan fingerprint density at radius 3 is 1.95 bits per heavy atom. The fourth-order valence-electron chi connectivity index (χ4n) is 1.99. The molecule has 0 spiro atoms. The third-order valence-electron chi connectivity index (χ3n) is 2.75. The number of hydrogen-bond acceptors (Lipinski definition) is 3. The molecule has 5 heteroatoms. The summed E-state index contributed by atoms with van der Waals surface area (Å²) in [6.07, 6.45) is 0.936. The molecule has 3 nitrogen and oxygen atoms in total. The van der Waals surface area contributed by atoms with Gasteiger partial charge in [-0.15, -0.1) is 0 Å². The molecule has 0 fully saturated rings. The Morgan fingerprint density at radius 1 is 0.947 bits per heavy atom. The van der Waals surface area contributed by atoms with Gasteiger partial charge in [-0.05, 0) is 61.4 Å². The van der Waals surface area contributed by atoms with Crippen molar-refractivity contribution in [3.63, 3.8) is 0 Å². The maximum atomic E-state index is 5.86. The van der Waals surface area contributed by atoms with Crippen LogP contribution in [-0.2, 0) is 19.7 Å². The number of halogens is 1. The van der Waals surface area contributed by atoms with Crippen LogP contribution in [0.4, 0.5) is 0 Å². The molecule has 0 aliphatic rings. The average Bonchev–Trinajstić information content (AvgIpc) is 2.39. The summed E-state index contributed by atoms with van der Waals surface area (Å²) in [5, 5.41) is 0. The minimum absolute atomic E-state index is 0.637. The van der Waals surface area contributed by atoms with E-state index in [0.717, 1.165) is 12.5 Å². The zero-order valence-corrected chi connectivity index (χ0v) is 15.1. The predicted molar refractivity (Wildman–Crippen MR) is 88.3 cm³/mol. The van der Waals surface area contributed by atoms with Gasteiger partial charge in [-0.25, -0.2) is 0 Å². The van der Waals surface area contributed by atoms with E-state index in [1.54, 1.807) is 0 Å². The van der Waals surface area contributed by atoms with E-state index in [1.165, 1.54) is 9.13 Å². The van der Waals surface area contributed by atoms with Crippen molar-refractivity contribution in [2.75, 3.05) is 19.8 Å². The SMILES string of the molecule is CCO[Si](CCc1ccccc1I)(OCC)OCC. The molecular weight excluding hydrogens is 371 g/mol. The molecule has 0 heterocycles. The highest BCUT2D eigenvalue weighted by Gasteiger charge is 2.39. The predicted octanol–water partition coefficient (Wildman–Crippen LogP) is 3.88. The van der Waals surface area contributed by atoms with Gasteiger partial charge in [0.2, 0.25) is 0 Å². The highest BCUT2D eigenvalue weighted by Crippen LogP contribution is 2.21. The first kappa shape index (κ1) is 17.1. The van der Waals surface area contributed by atoms with Gasteiger partial charge in [-0.3, -0.25) is 0 Å². The van der Waals surface area contributed by atoms with E-state index in [0.29, 0.717) is 19.8 Å². The minimum atomic E-state index is -2.50. The lowest BCUT2D eigenvalue weighted by atomic mass is 10.2. The Kier molecular flexibility index (Phi) is 8.16. The fraction of sp³-hybridized carbons (Fsp3) is 0.571. The monoisotopic (exact) mass is 394 g/mol. The summed E-state index contributed by atoms with van der Waals surface area (Å²) in [7, 11) is -2.50. The lowest BCUT2D eigenvalue weighted by Crippen LogP contribution is -2.46. The highest BCUT2D eigenvalue weighted by atomic mass is 127. The number of rotatable bonds is 9. The van der Waals surface area contributed by atoms with Gasteiger partial charge in [0.25, 0.3) is 0 Å². The van der Waals surface area contributed by atoms with Crippen molar-refractivity contribution in [1.29, 1.82) is 0 Å². The van der Waals surface area contributed by atoms with Crippen LogP contribution in [0.5, 0.6) is 0 Å². The Balaban J connectivity index is 2.73. The molecule has 19 heavy (non-hydrogen) atoms. The Hall–Kier alpha value is 0.0469. The van der Waals surface area contributed by atoms with E-state index in [1.807, 2.05) is 20.8 Å². The van der Waals surface area contributed by atoms with E-state index >= 15 is 0 Å². The lowest BCUT2D eigenvalue weighted by molar-refractivity contribution is 0.0714. The van der Waals surface area contributed by atoms with Crippen LogP contribution < -0.4 is 0 Å². The van der Waals surface area contributed by atoms with E-state index in [9.17, 15) is 0 Å². The molecule has 0 aromatic heterocycles. The van der Waals surface area contributed by atoms with Gasteiger partial charge >= 0.3 is 8.80 Å². The van der Waals surface area contributed by atoms with Crippen LogP contribution in [0.2, 0.25) is 6.04 Å². The summed E-state index contributed by atoms with van der Waals surface area (Å²) in [6, 6.07) is 9.25. The quantitative estimate of drug-likeness (QED) is 0.470. The molecule has 0 aliphatic carbocycles.